The van der Waals surface area contributed by atoms with Crippen LogP contribution >= 0.6 is 11.8 Å². The number of rotatable bonds is 9. The molecule has 7 nitrogen and oxygen atoms in total. The van der Waals surface area contributed by atoms with Crippen molar-refractivity contribution in [3.63, 3.8) is 0 Å². The number of piperazine rings is 1. The summed E-state index contributed by atoms with van der Waals surface area (Å²) < 4.78 is 20.8. The van der Waals surface area contributed by atoms with Crippen molar-refractivity contribution in [2.45, 2.75) is 36.6 Å². The van der Waals surface area contributed by atoms with E-state index in [1.165, 1.54) is 28.5 Å². The lowest BCUT2D eigenvalue weighted by Gasteiger charge is -2.38. The van der Waals surface area contributed by atoms with Crippen molar-refractivity contribution in [2.75, 3.05) is 38.2 Å². The molecule has 2 heterocycles. The van der Waals surface area contributed by atoms with E-state index in [9.17, 15) is 14.0 Å². The van der Waals surface area contributed by atoms with E-state index in [1.807, 2.05) is 35.2 Å². The van der Waals surface area contributed by atoms with Crippen LogP contribution in [0.1, 0.15) is 26.2 Å². The lowest BCUT2D eigenvalue weighted by molar-refractivity contribution is -0.131. The topological polar surface area (TPSA) is 67.7 Å². The molecule has 5 rings (SSSR count). The number of ether oxygens (including phenoxy) is 1. The highest BCUT2D eigenvalue weighted by molar-refractivity contribution is 8.00. The van der Waals surface area contributed by atoms with Gasteiger partial charge in [0.05, 0.1) is 34.6 Å². The number of hydrogen-bond acceptors (Lipinski definition) is 6. The van der Waals surface area contributed by atoms with Gasteiger partial charge in [-0.05, 0) is 55.0 Å². The fourth-order valence-electron chi connectivity index (χ4n) is 5.02. The fraction of sp³-hybridized carbons (Fsp3) is 0.323. The van der Waals surface area contributed by atoms with Crippen LogP contribution in [0.25, 0.3) is 16.6 Å². The molecule has 0 aliphatic carbocycles. The second-order valence-electron chi connectivity index (χ2n) is 9.76. The zero-order valence-electron chi connectivity index (χ0n) is 22.8. The average molecular weight is 561 g/mol. The number of unbranched alkanes of at least 4 members (excludes halogenated alkanes) is 1. The summed E-state index contributed by atoms with van der Waals surface area (Å²) in [4.78, 5) is 36.5. The number of halogens is 1. The van der Waals surface area contributed by atoms with E-state index >= 15 is 0 Å². The first-order chi connectivity index (χ1) is 19.5. The van der Waals surface area contributed by atoms with Crippen LogP contribution in [-0.4, -0.2) is 58.9 Å². The SMILES string of the molecule is CCCCC(Sc1nc2ccccc2c(=O)n1-c1ccc(F)cc1)C(=O)N1CCN(c2ccccc2OC)CC1. The summed E-state index contributed by atoms with van der Waals surface area (Å²) in [5.41, 5.74) is 1.87. The first-order valence-corrected chi connectivity index (χ1v) is 14.5. The van der Waals surface area contributed by atoms with Crippen molar-refractivity contribution in [1.82, 2.24) is 14.5 Å². The molecule has 40 heavy (non-hydrogen) atoms. The van der Waals surface area contributed by atoms with E-state index < -0.39 is 5.25 Å². The summed E-state index contributed by atoms with van der Waals surface area (Å²) in [6, 6.07) is 20.9. The molecule has 0 radical (unpaired) electrons. The molecule has 1 aliphatic heterocycles. The van der Waals surface area contributed by atoms with Gasteiger partial charge in [0.2, 0.25) is 5.91 Å². The maximum atomic E-state index is 13.9. The minimum atomic E-state index is -0.405. The Labute approximate surface area is 237 Å². The van der Waals surface area contributed by atoms with Crippen LogP contribution in [0, 0.1) is 5.82 Å². The smallest absolute Gasteiger partial charge is 0.266 e. The van der Waals surface area contributed by atoms with Gasteiger partial charge in [0.15, 0.2) is 5.16 Å². The summed E-state index contributed by atoms with van der Waals surface area (Å²) in [5.74, 6) is 0.481. The van der Waals surface area contributed by atoms with Crippen molar-refractivity contribution in [1.29, 1.82) is 0 Å². The Morgan fingerprint density at radius 2 is 1.70 bits per heavy atom. The zero-order chi connectivity index (χ0) is 28.1. The molecule has 0 bridgehead atoms. The minimum absolute atomic E-state index is 0.0474. The third kappa shape index (κ3) is 5.84. The molecular formula is C31H33FN4O3S. The van der Waals surface area contributed by atoms with Gasteiger partial charge in [0, 0.05) is 26.2 Å². The molecule has 1 aromatic heterocycles. The van der Waals surface area contributed by atoms with E-state index in [2.05, 4.69) is 11.8 Å². The van der Waals surface area contributed by atoms with Crippen LogP contribution in [0.3, 0.4) is 0 Å². The third-order valence-corrected chi connectivity index (χ3v) is 8.40. The van der Waals surface area contributed by atoms with E-state index in [1.54, 1.807) is 37.4 Å². The number of hydrogen-bond donors (Lipinski definition) is 0. The van der Waals surface area contributed by atoms with Gasteiger partial charge in [0.25, 0.3) is 5.56 Å². The van der Waals surface area contributed by atoms with Gasteiger partial charge < -0.3 is 14.5 Å². The van der Waals surface area contributed by atoms with E-state index in [4.69, 9.17) is 9.72 Å². The number of fused-ring (bicyclic) bond motifs is 1. The molecule has 4 aromatic rings. The van der Waals surface area contributed by atoms with Crippen molar-refractivity contribution in [3.05, 3.63) is 89.0 Å². The van der Waals surface area contributed by atoms with Crippen LogP contribution in [0.15, 0.2) is 82.7 Å². The van der Waals surface area contributed by atoms with Crippen molar-refractivity contribution in [3.8, 4) is 11.4 Å². The second kappa shape index (κ2) is 12.6. The predicted octanol–water partition coefficient (Wildman–Crippen LogP) is 5.53. The number of thioether (sulfide) groups is 1. The molecule has 1 amide bonds. The van der Waals surface area contributed by atoms with Gasteiger partial charge in [-0.1, -0.05) is 55.8 Å². The number of para-hydroxylation sites is 3. The molecular weight excluding hydrogens is 527 g/mol. The maximum absolute atomic E-state index is 13.9. The van der Waals surface area contributed by atoms with E-state index in [0.29, 0.717) is 54.3 Å². The van der Waals surface area contributed by atoms with Gasteiger partial charge >= 0.3 is 0 Å². The Kier molecular flexibility index (Phi) is 8.69. The lowest BCUT2D eigenvalue weighted by Crippen LogP contribution is -2.51. The van der Waals surface area contributed by atoms with Crippen molar-refractivity contribution >= 4 is 34.3 Å². The van der Waals surface area contributed by atoms with Crippen molar-refractivity contribution in [2.24, 2.45) is 0 Å². The number of nitrogens with zero attached hydrogens (tertiary/aromatic N) is 4. The Bertz CT molecular complexity index is 1530. The Balaban J connectivity index is 1.43. The molecule has 9 heteroatoms. The summed E-state index contributed by atoms with van der Waals surface area (Å²) in [7, 11) is 1.67. The van der Waals surface area contributed by atoms with Crippen LogP contribution in [0.4, 0.5) is 10.1 Å². The highest BCUT2D eigenvalue weighted by Gasteiger charge is 2.30. The van der Waals surface area contributed by atoms with Gasteiger partial charge in [-0.15, -0.1) is 0 Å². The minimum Gasteiger partial charge on any atom is -0.495 e. The number of anilines is 1. The molecule has 0 N–H and O–H groups in total. The molecule has 1 saturated heterocycles. The highest BCUT2D eigenvalue weighted by Crippen LogP contribution is 2.31. The molecule has 1 atom stereocenters. The molecule has 1 aliphatic rings. The average Bonchev–Trinajstić information content (AvgIpc) is 3.00. The first kappa shape index (κ1) is 27.7. The Morgan fingerprint density at radius 3 is 2.42 bits per heavy atom. The van der Waals surface area contributed by atoms with E-state index in [-0.39, 0.29) is 17.3 Å². The van der Waals surface area contributed by atoms with Gasteiger partial charge in [-0.25, -0.2) is 9.37 Å². The standard InChI is InChI=1S/C31H33FN4O3S/c1-3-4-13-28(30(38)35-20-18-34(19-21-35)26-11-7-8-12-27(26)39-2)40-31-33-25-10-6-5-9-24(25)29(37)36(31)23-16-14-22(32)15-17-23/h5-12,14-17,28H,3-4,13,18-21H2,1-2H3. The first-order valence-electron chi connectivity index (χ1n) is 13.6. The maximum Gasteiger partial charge on any atom is 0.266 e. The predicted molar refractivity (Wildman–Crippen MR) is 158 cm³/mol. The largest absolute Gasteiger partial charge is 0.495 e. The second-order valence-corrected chi connectivity index (χ2v) is 10.9. The highest BCUT2D eigenvalue weighted by atomic mass is 32.2. The summed E-state index contributed by atoms with van der Waals surface area (Å²) >= 11 is 1.32. The number of methoxy groups -OCH3 is 1. The Hall–Kier alpha value is -3.85. The normalized spacial score (nSPS) is 14.4. The van der Waals surface area contributed by atoms with E-state index in [0.717, 1.165) is 24.3 Å². The van der Waals surface area contributed by atoms with Crippen molar-refractivity contribution < 1.29 is 13.9 Å². The number of carbonyl (C=O) groups is 1. The number of amides is 1. The van der Waals surface area contributed by atoms with Crippen LogP contribution in [0.5, 0.6) is 5.75 Å². The summed E-state index contributed by atoms with van der Waals surface area (Å²) in [5, 5.41) is 0.495. The zero-order valence-corrected chi connectivity index (χ0v) is 23.6. The quantitative estimate of drug-likeness (QED) is 0.198. The molecule has 0 spiro atoms. The van der Waals surface area contributed by atoms with Crippen LogP contribution < -0.4 is 15.2 Å². The number of carbonyl (C=O) groups excluding carboxylic acids is 1. The van der Waals surface area contributed by atoms with Crippen LogP contribution in [-0.2, 0) is 4.79 Å². The Morgan fingerprint density at radius 1 is 1.00 bits per heavy atom. The van der Waals surface area contributed by atoms with Crippen LogP contribution in [0.2, 0.25) is 0 Å². The summed E-state index contributed by atoms with van der Waals surface area (Å²) in [6.45, 7) is 4.69. The monoisotopic (exact) mass is 560 g/mol. The molecule has 1 unspecified atom stereocenters. The third-order valence-electron chi connectivity index (χ3n) is 7.19. The number of benzene rings is 3. The molecule has 208 valence electrons. The molecule has 0 saturated carbocycles. The molecule has 3 aromatic carbocycles. The molecule has 1 fully saturated rings. The number of aromatic nitrogens is 2. The lowest BCUT2D eigenvalue weighted by atomic mass is 10.1. The summed E-state index contributed by atoms with van der Waals surface area (Å²) in [6.07, 6.45) is 2.49. The van der Waals surface area contributed by atoms with Gasteiger partial charge in [0.1, 0.15) is 11.6 Å². The van der Waals surface area contributed by atoms with Gasteiger partial charge in [-0.3, -0.25) is 14.2 Å². The fourth-order valence-corrected chi connectivity index (χ4v) is 6.25. The van der Waals surface area contributed by atoms with Gasteiger partial charge in [-0.2, -0.15) is 0 Å².